The largest absolute Gasteiger partial charge is 0.362 e. The molecule has 2 unspecified atom stereocenters. The lowest BCUT2D eigenvalue weighted by Crippen LogP contribution is -2.40. The van der Waals surface area contributed by atoms with Crippen LogP contribution in [0.25, 0.3) is 0 Å². The highest BCUT2D eigenvalue weighted by Crippen LogP contribution is 2.24. The van der Waals surface area contributed by atoms with E-state index in [1.807, 2.05) is 0 Å². The Morgan fingerprint density at radius 1 is 1.31 bits per heavy atom. The van der Waals surface area contributed by atoms with Crippen molar-refractivity contribution in [2.45, 2.75) is 58.3 Å². The molecule has 0 bridgehead atoms. The van der Waals surface area contributed by atoms with Crippen LogP contribution in [0.1, 0.15) is 40.0 Å². The Hall–Kier alpha value is -0.120. The second-order valence-electron chi connectivity index (χ2n) is 5.70. The molecule has 2 saturated heterocycles. The third kappa shape index (κ3) is 3.19. The SMILES string of the molecule is CC1COC(CC2CCN(C(C)C)CC2)N1. The average molecular weight is 226 g/mol. The quantitative estimate of drug-likeness (QED) is 0.794. The molecule has 2 aliphatic rings. The van der Waals surface area contributed by atoms with Crippen molar-refractivity contribution >= 4 is 0 Å². The van der Waals surface area contributed by atoms with Gasteiger partial charge in [-0.1, -0.05) is 0 Å². The second kappa shape index (κ2) is 5.48. The number of ether oxygens (including phenoxy) is 1. The molecular weight excluding hydrogens is 200 g/mol. The lowest BCUT2D eigenvalue weighted by molar-refractivity contribution is 0.0596. The third-order valence-corrected chi connectivity index (χ3v) is 3.94. The van der Waals surface area contributed by atoms with Crippen LogP contribution in [0.2, 0.25) is 0 Å². The van der Waals surface area contributed by atoms with Crippen LogP contribution < -0.4 is 5.32 Å². The van der Waals surface area contributed by atoms with Gasteiger partial charge >= 0.3 is 0 Å². The molecule has 2 heterocycles. The molecule has 0 saturated carbocycles. The van der Waals surface area contributed by atoms with E-state index in [1.165, 1.54) is 32.4 Å². The normalized spacial score (nSPS) is 33.8. The molecule has 0 aromatic rings. The Morgan fingerprint density at radius 2 is 2.00 bits per heavy atom. The zero-order chi connectivity index (χ0) is 11.5. The van der Waals surface area contributed by atoms with Gasteiger partial charge in [-0.3, -0.25) is 5.32 Å². The first kappa shape index (κ1) is 12.3. The van der Waals surface area contributed by atoms with Gasteiger partial charge in [0, 0.05) is 12.1 Å². The highest BCUT2D eigenvalue weighted by Gasteiger charge is 2.27. The summed E-state index contributed by atoms with van der Waals surface area (Å²) in [6, 6.07) is 1.25. The van der Waals surface area contributed by atoms with Crippen molar-refractivity contribution in [3.8, 4) is 0 Å². The van der Waals surface area contributed by atoms with E-state index in [1.54, 1.807) is 0 Å². The standard InChI is InChI=1S/C13H26N2O/c1-10(2)15-6-4-12(5-7-15)8-13-14-11(3)9-16-13/h10-14H,4-9H2,1-3H3. The van der Waals surface area contributed by atoms with E-state index < -0.39 is 0 Å². The van der Waals surface area contributed by atoms with E-state index in [9.17, 15) is 0 Å². The van der Waals surface area contributed by atoms with Crippen LogP contribution in [-0.4, -0.2) is 42.9 Å². The molecule has 0 aromatic carbocycles. The molecule has 0 radical (unpaired) electrons. The number of hydrogen-bond donors (Lipinski definition) is 1. The van der Waals surface area contributed by atoms with Gasteiger partial charge in [0.25, 0.3) is 0 Å². The van der Waals surface area contributed by atoms with Gasteiger partial charge in [0.15, 0.2) is 0 Å². The first-order valence-electron chi connectivity index (χ1n) is 6.77. The fourth-order valence-corrected chi connectivity index (χ4v) is 2.82. The van der Waals surface area contributed by atoms with E-state index in [-0.39, 0.29) is 0 Å². The van der Waals surface area contributed by atoms with Crippen molar-refractivity contribution in [2.75, 3.05) is 19.7 Å². The summed E-state index contributed by atoms with van der Waals surface area (Å²) in [6.07, 6.45) is 4.21. The molecular formula is C13H26N2O. The van der Waals surface area contributed by atoms with E-state index >= 15 is 0 Å². The van der Waals surface area contributed by atoms with Gasteiger partial charge in [-0.05, 0) is 59.0 Å². The molecule has 2 rings (SSSR count). The van der Waals surface area contributed by atoms with Crippen LogP contribution in [-0.2, 0) is 4.74 Å². The van der Waals surface area contributed by atoms with Crippen LogP contribution in [0.5, 0.6) is 0 Å². The molecule has 2 atom stereocenters. The molecule has 1 N–H and O–H groups in total. The second-order valence-corrected chi connectivity index (χ2v) is 5.70. The molecule has 16 heavy (non-hydrogen) atoms. The van der Waals surface area contributed by atoms with E-state index in [0.29, 0.717) is 18.3 Å². The summed E-state index contributed by atoms with van der Waals surface area (Å²) < 4.78 is 5.72. The maximum Gasteiger partial charge on any atom is 0.108 e. The monoisotopic (exact) mass is 226 g/mol. The zero-order valence-corrected chi connectivity index (χ0v) is 10.9. The summed E-state index contributed by atoms with van der Waals surface area (Å²) in [5.74, 6) is 0.859. The topological polar surface area (TPSA) is 24.5 Å². The highest BCUT2D eigenvalue weighted by molar-refractivity contribution is 4.79. The fourth-order valence-electron chi connectivity index (χ4n) is 2.82. The summed E-state index contributed by atoms with van der Waals surface area (Å²) in [6.45, 7) is 10.2. The molecule has 0 spiro atoms. The molecule has 0 aromatic heterocycles. The molecule has 3 nitrogen and oxygen atoms in total. The average Bonchev–Trinajstić information content (AvgIpc) is 2.65. The maximum atomic E-state index is 5.72. The van der Waals surface area contributed by atoms with Gasteiger partial charge in [-0.25, -0.2) is 0 Å². The van der Waals surface area contributed by atoms with Gasteiger partial charge in [0.05, 0.1) is 6.61 Å². The van der Waals surface area contributed by atoms with Gasteiger partial charge in [-0.2, -0.15) is 0 Å². The van der Waals surface area contributed by atoms with Gasteiger partial charge in [0.2, 0.25) is 0 Å². The Kier molecular flexibility index (Phi) is 4.22. The summed E-state index contributed by atoms with van der Waals surface area (Å²) in [7, 11) is 0. The van der Waals surface area contributed by atoms with Gasteiger partial charge in [-0.15, -0.1) is 0 Å². The number of piperidine rings is 1. The van der Waals surface area contributed by atoms with E-state index in [0.717, 1.165) is 12.5 Å². The van der Waals surface area contributed by atoms with Crippen molar-refractivity contribution in [2.24, 2.45) is 5.92 Å². The first-order chi connectivity index (χ1) is 7.65. The molecule has 2 fully saturated rings. The minimum absolute atomic E-state index is 0.325. The van der Waals surface area contributed by atoms with Gasteiger partial charge < -0.3 is 9.64 Å². The summed E-state index contributed by atoms with van der Waals surface area (Å²) >= 11 is 0. The number of nitrogens with one attached hydrogen (secondary N) is 1. The lowest BCUT2D eigenvalue weighted by atomic mass is 9.92. The molecule has 2 aliphatic heterocycles. The third-order valence-electron chi connectivity index (χ3n) is 3.94. The summed E-state index contributed by atoms with van der Waals surface area (Å²) in [5, 5.41) is 3.50. The Morgan fingerprint density at radius 3 is 2.50 bits per heavy atom. The maximum absolute atomic E-state index is 5.72. The smallest absolute Gasteiger partial charge is 0.108 e. The predicted molar refractivity (Wildman–Crippen MR) is 66.4 cm³/mol. The van der Waals surface area contributed by atoms with Crippen LogP contribution in [0.3, 0.4) is 0 Å². The van der Waals surface area contributed by atoms with Crippen molar-refractivity contribution in [1.29, 1.82) is 0 Å². The predicted octanol–water partition coefficient (Wildman–Crippen LogP) is 1.83. The van der Waals surface area contributed by atoms with Crippen LogP contribution in [0.4, 0.5) is 0 Å². The fraction of sp³-hybridized carbons (Fsp3) is 1.00. The Balaban J connectivity index is 1.69. The van der Waals surface area contributed by atoms with E-state index in [2.05, 4.69) is 31.0 Å². The number of hydrogen-bond acceptors (Lipinski definition) is 3. The minimum atomic E-state index is 0.325. The Bertz CT molecular complexity index is 212. The first-order valence-corrected chi connectivity index (χ1v) is 6.77. The van der Waals surface area contributed by atoms with Crippen molar-refractivity contribution in [1.82, 2.24) is 10.2 Å². The van der Waals surface area contributed by atoms with Gasteiger partial charge in [0.1, 0.15) is 6.23 Å². The molecule has 94 valence electrons. The Labute approximate surface area is 99.5 Å². The molecule has 3 heteroatoms. The molecule has 0 amide bonds. The zero-order valence-electron chi connectivity index (χ0n) is 10.9. The summed E-state index contributed by atoms with van der Waals surface area (Å²) in [4.78, 5) is 2.59. The number of rotatable bonds is 3. The lowest BCUT2D eigenvalue weighted by Gasteiger charge is -2.35. The number of nitrogens with zero attached hydrogens (tertiary/aromatic N) is 1. The van der Waals surface area contributed by atoms with Crippen LogP contribution >= 0.6 is 0 Å². The van der Waals surface area contributed by atoms with Crippen molar-refractivity contribution < 1.29 is 4.74 Å². The van der Waals surface area contributed by atoms with Crippen LogP contribution in [0, 0.1) is 5.92 Å². The minimum Gasteiger partial charge on any atom is -0.362 e. The molecule has 0 aliphatic carbocycles. The van der Waals surface area contributed by atoms with Crippen molar-refractivity contribution in [3.63, 3.8) is 0 Å². The van der Waals surface area contributed by atoms with Crippen LogP contribution in [0.15, 0.2) is 0 Å². The highest BCUT2D eigenvalue weighted by atomic mass is 16.5. The van der Waals surface area contributed by atoms with Crippen molar-refractivity contribution in [3.05, 3.63) is 0 Å². The number of likely N-dealkylation sites (tertiary alicyclic amines) is 1. The van der Waals surface area contributed by atoms with E-state index in [4.69, 9.17) is 4.74 Å². The summed E-state index contributed by atoms with van der Waals surface area (Å²) in [5.41, 5.74) is 0.